The van der Waals surface area contributed by atoms with E-state index in [4.69, 9.17) is 4.98 Å². The minimum absolute atomic E-state index is 0.575. The first-order valence-corrected chi connectivity index (χ1v) is 8.19. The monoisotopic (exact) mass is 276 g/mol. The molecule has 0 radical (unpaired) electrons. The van der Waals surface area contributed by atoms with E-state index in [1.165, 1.54) is 42.4 Å². The Labute approximate surface area is 120 Å². The van der Waals surface area contributed by atoms with Gasteiger partial charge in [0.05, 0.1) is 10.2 Å². The predicted molar refractivity (Wildman–Crippen MR) is 86.2 cm³/mol. The van der Waals surface area contributed by atoms with Gasteiger partial charge in [0.2, 0.25) is 0 Å². The molecule has 2 rings (SSSR count). The summed E-state index contributed by atoms with van der Waals surface area (Å²) in [5.41, 5.74) is 2.42. The number of anilines is 1. The van der Waals surface area contributed by atoms with Gasteiger partial charge in [-0.1, -0.05) is 56.6 Å². The smallest absolute Gasteiger partial charge is 0.184 e. The summed E-state index contributed by atoms with van der Waals surface area (Å²) in [4.78, 5) is 4.75. The molecule has 1 unspecified atom stereocenters. The summed E-state index contributed by atoms with van der Waals surface area (Å²) >= 11 is 1.78. The lowest BCUT2D eigenvalue weighted by atomic mass is 10.1. The molecule has 0 aliphatic heterocycles. The van der Waals surface area contributed by atoms with Crippen molar-refractivity contribution in [1.82, 2.24) is 4.98 Å². The number of fused-ring (bicyclic) bond motifs is 1. The number of rotatable bonds is 7. The third-order valence-corrected chi connectivity index (χ3v) is 4.44. The molecule has 2 nitrogen and oxygen atoms in total. The molecule has 1 heterocycles. The fourth-order valence-electron chi connectivity index (χ4n) is 2.41. The summed E-state index contributed by atoms with van der Waals surface area (Å²) in [6.45, 7) is 6.64. The molecule has 0 bridgehead atoms. The zero-order chi connectivity index (χ0) is 13.7. The molecule has 1 aromatic heterocycles. The van der Waals surface area contributed by atoms with Crippen LogP contribution in [0.5, 0.6) is 0 Å². The van der Waals surface area contributed by atoms with Crippen LogP contribution in [0.3, 0.4) is 0 Å². The van der Waals surface area contributed by atoms with E-state index < -0.39 is 0 Å². The average molecular weight is 276 g/mol. The van der Waals surface area contributed by atoms with Gasteiger partial charge in [0.15, 0.2) is 5.13 Å². The molecule has 0 spiro atoms. The SMILES string of the molecule is CCCCC(CCC)Nc1nc2c(C)cccc2s1. The molecule has 1 aromatic carbocycles. The molecule has 1 N–H and O–H groups in total. The number of para-hydroxylation sites is 1. The first-order valence-electron chi connectivity index (χ1n) is 7.37. The van der Waals surface area contributed by atoms with Crippen LogP contribution in [-0.2, 0) is 0 Å². The topological polar surface area (TPSA) is 24.9 Å². The summed E-state index contributed by atoms with van der Waals surface area (Å²) in [6, 6.07) is 6.98. The molecule has 0 saturated heterocycles. The summed E-state index contributed by atoms with van der Waals surface area (Å²) in [5.74, 6) is 0. The zero-order valence-electron chi connectivity index (χ0n) is 12.2. The van der Waals surface area contributed by atoms with Crippen molar-refractivity contribution in [3.05, 3.63) is 23.8 Å². The molecule has 3 heteroatoms. The second-order valence-electron chi connectivity index (χ2n) is 5.21. The van der Waals surface area contributed by atoms with Gasteiger partial charge >= 0.3 is 0 Å². The highest BCUT2D eigenvalue weighted by molar-refractivity contribution is 7.22. The van der Waals surface area contributed by atoms with E-state index in [9.17, 15) is 0 Å². The summed E-state index contributed by atoms with van der Waals surface area (Å²) in [7, 11) is 0. The van der Waals surface area contributed by atoms with Gasteiger partial charge in [-0.2, -0.15) is 0 Å². The Hall–Kier alpha value is -1.09. The molecule has 0 aliphatic carbocycles. The van der Waals surface area contributed by atoms with Crippen molar-refractivity contribution in [2.75, 3.05) is 5.32 Å². The van der Waals surface area contributed by atoms with E-state index in [2.05, 4.69) is 44.3 Å². The minimum atomic E-state index is 0.575. The highest BCUT2D eigenvalue weighted by Crippen LogP contribution is 2.29. The van der Waals surface area contributed by atoms with Crippen LogP contribution in [-0.4, -0.2) is 11.0 Å². The van der Waals surface area contributed by atoms with Crippen LogP contribution < -0.4 is 5.32 Å². The van der Waals surface area contributed by atoms with Crippen LogP contribution in [0.2, 0.25) is 0 Å². The lowest BCUT2D eigenvalue weighted by molar-refractivity contribution is 0.564. The van der Waals surface area contributed by atoms with Gasteiger partial charge in [-0.05, 0) is 31.4 Å². The third-order valence-electron chi connectivity index (χ3n) is 3.49. The molecule has 0 fully saturated rings. The zero-order valence-corrected chi connectivity index (χ0v) is 13.0. The van der Waals surface area contributed by atoms with Gasteiger partial charge in [-0.3, -0.25) is 0 Å². The molecule has 19 heavy (non-hydrogen) atoms. The summed E-state index contributed by atoms with van der Waals surface area (Å²) in [5, 5.41) is 4.72. The quantitative estimate of drug-likeness (QED) is 0.734. The van der Waals surface area contributed by atoms with Crippen LogP contribution in [0.4, 0.5) is 5.13 Å². The molecule has 2 aromatic rings. The number of nitrogens with one attached hydrogen (secondary N) is 1. The number of hydrogen-bond donors (Lipinski definition) is 1. The lowest BCUT2D eigenvalue weighted by Gasteiger charge is -2.16. The average Bonchev–Trinajstić information content (AvgIpc) is 2.80. The Morgan fingerprint density at radius 3 is 2.74 bits per heavy atom. The number of aryl methyl sites for hydroxylation is 1. The third kappa shape index (κ3) is 3.69. The van der Waals surface area contributed by atoms with E-state index in [0.717, 1.165) is 10.6 Å². The van der Waals surface area contributed by atoms with Crippen molar-refractivity contribution >= 4 is 26.7 Å². The number of unbranched alkanes of at least 4 members (excludes halogenated alkanes) is 1. The number of thiazole rings is 1. The van der Waals surface area contributed by atoms with Gasteiger partial charge in [0.1, 0.15) is 0 Å². The number of benzene rings is 1. The molecule has 0 amide bonds. The highest BCUT2D eigenvalue weighted by Gasteiger charge is 2.11. The van der Waals surface area contributed by atoms with Gasteiger partial charge in [-0.15, -0.1) is 0 Å². The Bertz CT molecular complexity index is 518. The predicted octanol–water partition coefficient (Wildman–Crippen LogP) is 5.38. The van der Waals surface area contributed by atoms with E-state index in [-0.39, 0.29) is 0 Å². The van der Waals surface area contributed by atoms with Gasteiger partial charge in [0, 0.05) is 6.04 Å². The van der Waals surface area contributed by atoms with Crippen molar-refractivity contribution in [2.45, 2.75) is 58.9 Å². The first kappa shape index (κ1) is 14.3. The number of nitrogens with zero attached hydrogens (tertiary/aromatic N) is 1. The van der Waals surface area contributed by atoms with Crippen molar-refractivity contribution in [1.29, 1.82) is 0 Å². The molecule has 0 aliphatic rings. The van der Waals surface area contributed by atoms with Crippen molar-refractivity contribution in [3.63, 3.8) is 0 Å². The van der Waals surface area contributed by atoms with Gasteiger partial charge in [-0.25, -0.2) is 4.98 Å². The Kier molecular flexibility index (Phi) is 5.20. The Morgan fingerprint density at radius 1 is 1.21 bits per heavy atom. The molecular weight excluding hydrogens is 252 g/mol. The van der Waals surface area contributed by atoms with Crippen molar-refractivity contribution < 1.29 is 0 Å². The fraction of sp³-hybridized carbons (Fsp3) is 0.562. The second-order valence-corrected chi connectivity index (χ2v) is 6.24. The lowest BCUT2D eigenvalue weighted by Crippen LogP contribution is -2.18. The van der Waals surface area contributed by atoms with E-state index in [1.54, 1.807) is 11.3 Å². The highest BCUT2D eigenvalue weighted by atomic mass is 32.1. The number of hydrogen-bond acceptors (Lipinski definition) is 3. The Balaban J connectivity index is 2.12. The second kappa shape index (κ2) is 6.90. The van der Waals surface area contributed by atoms with Gasteiger partial charge in [0.25, 0.3) is 0 Å². The summed E-state index contributed by atoms with van der Waals surface area (Å²) in [6.07, 6.45) is 6.27. The molecule has 0 saturated carbocycles. The number of aromatic nitrogens is 1. The van der Waals surface area contributed by atoms with Crippen LogP contribution in [0, 0.1) is 6.92 Å². The van der Waals surface area contributed by atoms with E-state index in [1.807, 2.05) is 0 Å². The normalized spacial score (nSPS) is 12.8. The van der Waals surface area contributed by atoms with E-state index >= 15 is 0 Å². The largest absolute Gasteiger partial charge is 0.359 e. The molecule has 1 atom stereocenters. The Morgan fingerprint density at radius 2 is 2.05 bits per heavy atom. The maximum Gasteiger partial charge on any atom is 0.184 e. The van der Waals surface area contributed by atoms with Crippen LogP contribution in [0.1, 0.15) is 51.5 Å². The van der Waals surface area contributed by atoms with Crippen LogP contribution >= 0.6 is 11.3 Å². The first-order chi connectivity index (χ1) is 9.24. The van der Waals surface area contributed by atoms with E-state index in [0.29, 0.717) is 6.04 Å². The maximum absolute atomic E-state index is 4.75. The summed E-state index contributed by atoms with van der Waals surface area (Å²) < 4.78 is 1.29. The van der Waals surface area contributed by atoms with Crippen LogP contribution in [0.15, 0.2) is 18.2 Å². The van der Waals surface area contributed by atoms with Gasteiger partial charge < -0.3 is 5.32 Å². The molecule has 104 valence electrons. The standard InChI is InChI=1S/C16H24N2S/c1-4-6-10-13(8-5-2)17-16-18-15-12(3)9-7-11-14(15)19-16/h7,9,11,13H,4-6,8,10H2,1-3H3,(H,17,18). The molecular formula is C16H24N2S. The fourth-order valence-corrected chi connectivity index (χ4v) is 3.43. The van der Waals surface area contributed by atoms with Crippen LogP contribution in [0.25, 0.3) is 10.2 Å². The van der Waals surface area contributed by atoms with Crippen molar-refractivity contribution in [3.8, 4) is 0 Å². The van der Waals surface area contributed by atoms with Crippen molar-refractivity contribution in [2.24, 2.45) is 0 Å². The minimum Gasteiger partial charge on any atom is -0.359 e. The maximum atomic E-state index is 4.75.